The van der Waals surface area contributed by atoms with Crippen LogP contribution in [0.2, 0.25) is 0 Å². The van der Waals surface area contributed by atoms with Crippen molar-refractivity contribution in [3.8, 4) is 0 Å². The maximum atomic E-state index is 12.2. The minimum Gasteiger partial charge on any atom is -0.366 e. The summed E-state index contributed by atoms with van der Waals surface area (Å²) in [7, 11) is 0. The molecule has 0 aromatic heterocycles. The number of rotatable bonds is 2. The van der Waals surface area contributed by atoms with Crippen molar-refractivity contribution in [3.63, 3.8) is 0 Å². The van der Waals surface area contributed by atoms with Gasteiger partial charge in [-0.1, -0.05) is 0 Å². The predicted octanol–water partition coefficient (Wildman–Crippen LogP) is 2.09. The molecule has 3 atom stereocenters. The van der Waals surface area contributed by atoms with E-state index in [1.807, 2.05) is 6.92 Å². The lowest BCUT2D eigenvalue weighted by Crippen LogP contribution is -2.42. The molecule has 0 aromatic rings. The molecule has 84 valence electrons. The minimum absolute atomic E-state index is 0.245. The zero-order valence-corrected chi connectivity index (χ0v) is 8.40. The van der Waals surface area contributed by atoms with Gasteiger partial charge in [-0.15, -0.1) is 0 Å². The molecule has 14 heavy (non-hydrogen) atoms. The van der Waals surface area contributed by atoms with E-state index in [-0.39, 0.29) is 12.1 Å². The van der Waals surface area contributed by atoms with Crippen LogP contribution in [0.4, 0.5) is 13.2 Å². The van der Waals surface area contributed by atoms with Crippen LogP contribution >= 0.6 is 0 Å². The van der Waals surface area contributed by atoms with Gasteiger partial charge in [0.2, 0.25) is 0 Å². The fourth-order valence-corrected chi connectivity index (χ4v) is 1.58. The highest BCUT2D eigenvalue weighted by molar-refractivity contribution is 4.77. The Morgan fingerprint density at radius 2 is 2.07 bits per heavy atom. The van der Waals surface area contributed by atoms with Crippen molar-refractivity contribution in [2.24, 2.45) is 0 Å². The number of alkyl halides is 3. The van der Waals surface area contributed by atoms with Crippen LogP contribution < -0.4 is 5.32 Å². The largest absolute Gasteiger partial charge is 0.414 e. The smallest absolute Gasteiger partial charge is 0.366 e. The molecular weight excluding hydrogens is 195 g/mol. The van der Waals surface area contributed by atoms with Gasteiger partial charge < -0.3 is 10.1 Å². The van der Waals surface area contributed by atoms with Crippen LogP contribution in [0.1, 0.15) is 26.7 Å². The third kappa shape index (κ3) is 3.46. The summed E-state index contributed by atoms with van der Waals surface area (Å²) in [6.07, 6.45) is -4.85. The first-order chi connectivity index (χ1) is 6.39. The third-order valence-corrected chi connectivity index (χ3v) is 2.43. The molecule has 1 aliphatic rings. The molecule has 0 radical (unpaired) electrons. The van der Waals surface area contributed by atoms with Crippen LogP contribution in [0, 0.1) is 0 Å². The Morgan fingerprint density at radius 3 is 2.57 bits per heavy atom. The standard InChI is InChI=1S/C9H16F3NO/c1-6-5-8(3-4-13-6)14-7(2)9(10,11)12/h6-8,13H,3-5H2,1-2H3. The molecule has 1 N–H and O–H groups in total. The highest BCUT2D eigenvalue weighted by atomic mass is 19.4. The maximum Gasteiger partial charge on any atom is 0.414 e. The van der Waals surface area contributed by atoms with Crippen molar-refractivity contribution in [1.29, 1.82) is 0 Å². The van der Waals surface area contributed by atoms with Crippen LogP contribution in [0.5, 0.6) is 0 Å². The van der Waals surface area contributed by atoms with Gasteiger partial charge in [0.15, 0.2) is 6.10 Å². The van der Waals surface area contributed by atoms with Crippen molar-refractivity contribution in [2.75, 3.05) is 6.54 Å². The van der Waals surface area contributed by atoms with Crippen LogP contribution in [-0.4, -0.2) is 31.0 Å². The fourth-order valence-electron chi connectivity index (χ4n) is 1.58. The molecule has 0 aromatic carbocycles. The van der Waals surface area contributed by atoms with E-state index in [1.54, 1.807) is 0 Å². The Balaban J connectivity index is 2.36. The number of piperidine rings is 1. The molecule has 0 amide bonds. The second kappa shape index (κ2) is 4.49. The highest BCUT2D eigenvalue weighted by Crippen LogP contribution is 2.25. The number of nitrogens with one attached hydrogen (secondary N) is 1. The van der Waals surface area contributed by atoms with Gasteiger partial charge in [0.05, 0.1) is 6.10 Å². The zero-order chi connectivity index (χ0) is 10.8. The first kappa shape index (κ1) is 11.8. The summed E-state index contributed by atoms with van der Waals surface area (Å²) in [5.74, 6) is 0. The predicted molar refractivity (Wildman–Crippen MR) is 47.1 cm³/mol. The molecule has 1 heterocycles. The summed E-state index contributed by atoms with van der Waals surface area (Å²) < 4.78 is 41.4. The van der Waals surface area contributed by atoms with Gasteiger partial charge in [0.25, 0.3) is 0 Å². The molecule has 3 unspecified atom stereocenters. The van der Waals surface area contributed by atoms with Gasteiger partial charge >= 0.3 is 6.18 Å². The van der Waals surface area contributed by atoms with Crippen LogP contribution in [0.3, 0.4) is 0 Å². The van der Waals surface area contributed by atoms with Crippen molar-refractivity contribution in [2.45, 2.75) is 51.1 Å². The normalized spacial score (nSPS) is 31.5. The van der Waals surface area contributed by atoms with Crippen LogP contribution in [-0.2, 0) is 4.74 Å². The molecule has 0 saturated carbocycles. The van der Waals surface area contributed by atoms with Crippen molar-refractivity contribution < 1.29 is 17.9 Å². The fraction of sp³-hybridized carbons (Fsp3) is 1.00. The van der Waals surface area contributed by atoms with E-state index in [0.717, 1.165) is 13.5 Å². The molecule has 1 rings (SSSR count). The highest BCUT2D eigenvalue weighted by Gasteiger charge is 2.38. The Kier molecular flexibility index (Phi) is 3.78. The molecule has 5 heteroatoms. The minimum atomic E-state index is -4.24. The van der Waals surface area contributed by atoms with E-state index >= 15 is 0 Å². The van der Waals surface area contributed by atoms with Crippen LogP contribution in [0.25, 0.3) is 0 Å². The van der Waals surface area contributed by atoms with Crippen molar-refractivity contribution in [1.82, 2.24) is 5.32 Å². The zero-order valence-electron chi connectivity index (χ0n) is 8.40. The quantitative estimate of drug-likeness (QED) is 0.755. The Morgan fingerprint density at radius 1 is 1.43 bits per heavy atom. The Bertz CT molecular complexity index is 183. The Hall–Kier alpha value is -0.290. The van der Waals surface area contributed by atoms with Gasteiger partial charge in [0, 0.05) is 6.04 Å². The first-order valence-electron chi connectivity index (χ1n) is 4.85. The summed E-state index contributed by atoms with van der Waals surface area (Å²) in [5.41, 5.74) is 0. The average molecular weight is 211 g/mol. The molecule has 1 aliphatic heterocycles. The monoisotopic (exact) mass is 211 g/mol. The van der Waals surface area contributed by atoms with Crippen molar-refractivity contribution >= 4 is 0 Å². The summed E-state index contributed by atoms with van der Waals surface area (Å²) in [4.78, 5) is 0. The SMILES string of the molecule is CC1CC(OC(C)C(F)(F)F)CCN1. The van der Waals surface area contributed by atoms with Crippen LogP contribution in [0.15, 0.2) is 0 Å². The molecule has 1 saturated heterocycles. The molecule has 0 spiro atoms. The summed E-state index contributed by atoms with van der Waals surface area (Å²) in [5, 5.41) is 3.16. The number of ether oxygens (including phenoxy) is 1. The van der Waals surface area contributed by atoms with E-state index in [9.17, 15) is 13.2 Å². The first-order valence-corrected chi connectivity index (χ1v) is 4.85. The van der Waals surface area contributed by atoms with E-state index in [4.69, 9.17) is 4.74 Å². The van der Waals surface area contributed by atoms with E-state index < -0.39 is 12.3 Å². The average Bonchev–Trinajstić information content (AvgIpc) is 2.02. The third-order valence-electron chi connectivity index (χ3n) is 2.43. The van der Waals surface area contributed by atoms with Gasteiger partial charge in [-0.2, -0.15) is 13.2 Å². The maximum absolute atomic E-state index is 12.2. The van der Waals surface area contributed by atoms with E-state index in [2.05, 4.69) is 5.32 Å². The van der Waals surface area contributed by atoms with E-state index in [1.165, 1.54) is 0 Å². The number of hydrogen-bond donors (Lipinski definition) is 1. The topological polar surface area (TPSA) is 21.3 Å². The lowest BCUT2D eigenvalue weighted by atomic mass is 10.0. The molecule has 2 nitrogen and oxygen atoms in total. The lowest BCUT2D eigenvalue weighted by molar-refractivity contribution is -0.229. The number of hydrogen-bond acceptors (Lipinski definition) is 2. The molecule has 0 aliphatic carbocycles. The summed E-state index contributed by atoms with van der Waals surface area (Å²) >= 11 is 0. The second-order valence-corrected chi connectivity index (χ2v) is 3.82. The van der Waals surface area contributed by atoms with Crippen molar-refractivity contribution in [3.05, 3.63) is 0 Å². The lowest BCUT2D eigenvalue weighted by Gasteiger charge is -2.30. The summed E-state index contributed by atoms with van der Waals surface area (Å²) in [6.45, 7) is 3.75. The molecule has 1 fully saturated rings. The Labute approximate surface area is 81.8 Å². The van der Waals surface area contributed by atoms with Gasteiger partial charge in [0.1, 0.15) is 0 Å². The van der Waals surface area contributed by atoms with E-state index in [0.29, 0.717) is 12.8 Å². The molecular formula is C9H16F3NO. The summed E-state index contributed by atoms with van der Waals surface area (Å²) in [6, 6.07) is 0.245. The van der Waals surface area contributed by atoms with Gasteiger partial charge in [-0.25, -0.2) is 0 Å². The molecule has 0 bridgehead atoms. The number of halogens is 3. The second-order valence-electron chi connectivity index (χ2n) is 3.82. The van der Waals surface area contributed by atoms with Gasteiger partial charge in [-0.3, -0.25) is 0 Å². The van der Waals surface area contributed by atoms with Gasteiger partial charge in [-0.05, 0) is 33.2 Å².